The van der Waals surface area contributed by atoms with Gasteiger partial charge in [-0.3, -0.25) is 14.6 Å². The molecule has 1 saturated heterocycles. The highest BCUT2D eigenvalue weighted by molar-refractivity contribution is 5.94. The minimum Gasteiger partial charge on any atom is -0.373 e. The summed E-state index contributed by atoms with van der Waals surface area (Å²) in [5.74, 6) is 1.75. The summed E-state index contributed by atoms with van der Waals surface area (Å²) in [5, 5.41) is 3.18. The fourth-order valence-corrected chi connectivity index (χ4v) is 4.14. The molecule has 0 unspecified atom stereocenters. The highest BCUT2D eigenvalue weighted by Gasteiger charge is 2.30. The number of nitrogens with zero attached hydrogens (tertiary/aromatic N) is 5. The van der Waals surface area contributed by atoms with Crippen LogP contribution in [0.2, 0.25) is 0 Å². The van der Waals surface area contributed by atoms with E-state index in [1.807, 2.05) is 16.8 Å². The zero-order chi connectivity index (χ0) is 20.4. The number of carbonyl (C=O) groups excluding carboxylic acids is 2. The molecule has 2 aliphatic rings. The number of piperidine rings is 1. The largest absolute Gasteiger partial charge is 0.373 e. The average molecular weight is 394 g/mol. The van der Waals surface area contributed by atoms with Gasteiger partial charge in [-0.1, -0.05) is 0 Å². The topological polar surface area (TPSA) is 91.3 Å². The zero-order valence-corrected chi connectivity index (χ0v) is 16.9. The van der Waals surface area contributed by atoms with Crippen LogP contribution < -0.4 is 5.32 Å². The van der Waals surface area contributed by atoms with E-state index in [1.54, 1.807) is 31.5 Å². The maximum Gasteiger partial charge on any atom is 0.255 e. The Morgan fingerprint density at radius 2 is 2.07 bits per heavy atom. The summed E-state index contributed by atoms with van der Waals surface area (Å²) in [6.45, 7) is 4.15. The van der Waals surface area contributed by atoms with Gasteiger partial charge < -0.3 is 15.1 Å². The Bertz CT molecular complexity index is 900. The summed E-state index contributed by atoms with van der Waals surface area (Å²) in [5.41, 5.74) is 2.61. The van der Waals surface area contributed by atoms with Crippen LogP contribution in [0.1, 0.15) is 53.1 Å². The molecule has 2 aromatic rings. The van der Waals surface area contributed by atoms with Crippen molar-refractivity contribution in [3.05, 3.63) is 47.2 Å². The molecule has 2 amide bonds. The van der Waals surface area contributed by atoms with Gasteiger partial charge in [0.15, 0.2) is 0 Å². The van der Waals surface area contributed by atoms with Crippen molar-refractivity contribution in [1.29, 1.82) is 0 Å². The first-order valence-electron chi connectivity index (χ1n) is 10.1. The van der Waals surface area contributed by atoms with Crippen LogP contribution in [0.15, 0.2) is 24.5 Å². The molecule has 8 nitrogen and oxygen atoms in total. The van der Waals surface area contributed by atoms with E-state index < -0.39 is 0 Å². The first-order valence-corrected chi connectivity index (χ1v) is 10.1. The lowest BCUT2D eigenvalue weighted by Gasteiger charge is -2.33. The maximum absolute atomic E-state index is 12.8. The second-order valence-corrected chi connectivity index (χ2v) is 7.63. The third-order valence-corrected chi connectivity index (χ3v) is 5.74. The van der Waals surface area contributed by atoms with E-state index in [0.717, 1.165) is 48.7 Å². The highest BCUT2D eigenvalue weighted by atomic mass is 16.2. The number of nitrogens with one attached hydrogen (secondary N) is 1. The van der Waals surface area contributed by atoms with E-state index in [1.165, 1.54) is 0 Å². The standard InChI is InChI=1S/C21H26N6O2/c1-14(28)26-10-7-18-17(13-26)20(22-2)25-19(24-18)16-6-4-9-27(12-16)21(29)15-5-3-8-23-11-15/h3,5,8,11,16H,4,6-7,9-10,12-13H2,1-2H3,(H,22,24,25)/t16-/m0/s1. The Kier molecular flexibility index (Phi) is 5.42. The molecule has 0 aromatic carbocycles. The van der Waals surface area contributed by atoms with Crippen molar-refractivity contribution in [1.82, 2.24) is 24.8 Å². The van der Waals surface area contributed by atoms with Gasteiger partial charge in [-0.2, -0.15) is 0 Å². The van der Waals surface area contributed by atoms with Gasteiger partial charge in [0, 0.05) is 63.9 Å². The van der Waals surface area contributed by atoms with Crippen molar-refractivity contribution in [3.63, 3.8) is 0 Å². The predicted octanol–water partition coefficient (Wildman–Crippen LogP) is 1.84. The molecule has 1 N–H and O–H groups in total. The summed E-state index contributed by atoms with van der Waals surface area (Å²) in [6.07, 6.45) is 5.89. The minimum atomic E-state index is 0.00620. The van der Waals surface area contributed by atoms with Crippen LogP contribution in [0.3, 0.4) is 0 Å². The van der Waals surface area contributed by atoms with E-state index in [4.69, 9.17) is 9.97 Å². The number of carbonyl (C=O) groups is 2. The molecule has 1 atom stereocenters. The molecule has 152 valence electrons. The predicted molar refractivity (Wildman–Crippen MR) is 108 cm³/mol. The Labute approximate surface area is 170 Å². The summed E-state index contributed by atoms with van der Waals surface area (Å²) < 4.78 is 0. The Balaban J connectivity index is 1.57. The number of fused-ring (bicyclic) bond motifs is 1. The molecular weight excluding hydrogens is 368 g/mol. The normalized spacial score (nSPS) is 18.9. The van der Waals surface area contributed by atoms with Crippen molar-refractivity contribution in [2.24, 2.45) is 0 Å². The SMILES string of the molecule is CNc1nc([C@H]2CCCN(C(=O)c3cccnc3)C2)nc2c1CN(C(C)=O)CC2. The molecule has 8 heteroatoms. The second-order valence-electron chi connectivity index (χ2n) is 7.63. The number of pyridine rings is 1. The minimum absolute atomic E-state index is 0.00620. The third-order valence-electron chi connectivity index (χ3n) is 5.74. The monoisotopic (exact) mass is 394 g/mol. The molecule has 1 fully saturated rings. The lowest BCUT2D eigenvalue weighted by atomic mass is 9.95. The van der Waals surface area contributed by atoms with Crippen molar-refractivity contribution in [3.8, 4) is 0 Å². The molecular formula is C21H26N6O2. The summed E-state index contributed by atoms with van der Waals surface area (Å²) in [4.78, 5) is 42.0. The molecule has 0 saturated carbocycles. The van der Waals surface area contributed by atoms with Crippen molar-refractivity contribution in [2.45, 2.75) is 38.6 Å². The van der Waals surface area contributed by atoms with Gasteiger partial charge in [0.25, 0.3) is 5.91 Å². The Hall–Kier alpha value is -3.03. The van der Waals surface area contributed by atoms with Gasteiger partial charge in [0.1, 0.15) is 11.6 Å². The van der Waals surface area contributed by atoms with E-state index in [9.17, 15) is 9.59 Å². The molecule has 0 bridgehead atoms. The van der Waals surface area contributed by atoms with Crippen molar-refractivity contribution < 1.29 is 9.59 Å². The van der Waals surface area contributed by atoms with Gasteiger partial charge in [0.2, 0.25) is 5.91 Å². The quantitative estimate of drug-likeness (QED) is 0.854. The van der Waals surface area contributed by atoms with Gasteiger partial charge in [-0.15, -0.1) is 0 Å². The number of hydrogen-bond donors (Lipinski definition) is 1. The molecule has 0 radical (unpaired) electrons. The number of anilines is 1. The van der Waals surface area contributed by atoms with Gasteiger partial charge in [0.05, 0.1) is 17.8 Å². The smallest absolute Gasteiger partial charge is 0.255 e. The van der Waals surface area contributed by atoms with Crippen LogP contribution in [0.25, 0.3) is 0 Å². The molecule has 29 heavy (non-hydrogen) atoms. The second kappa shape index (κ2) is 8.14. The van der Waals surface area contributed by atoms with Crippen LogP contribution in [0, 0.1) is 0 Å². The first-order chi connectivity index (χ1) is 14.1. The van der Waals surface area contributed by atoms with Crippen LogP contribution in [-0.4, -0.2) is 63.2 Å². The summed E-state index contributed by atoms with van der Waals surface area (Å²) in [7, 11) is 1.85. The number of hydrogen-bond acceptors (Lipinski definition) is 6. The van der Waals surface area contributed by atoms with Crippen molar-refractivity contribution >= 4 is 17.6 Å². The van der Waals surface area contributed by atoms with Crippen LogP contribution in [-0.2, 0) is 17.8 Å². The molecule has 4 rings (SSSR count). The third kappa shape index (κ3) is 3.92. The van der Waals surface area contributed by atoms with E-state index in [2.05, 4.69) is 10.3 Å². The van der Waals surface area contributed by atoms with Gasteiger partial charge in [-0.05, 0) is 25.0 Å². The highest BCUT2D eigenvalue weighted by Crippen LogP contribution is 2.30. The zero-order valence-electron chi connectivity index (χ0n) is 16.9. The average Bonchev–Trinajstić information content (AvgIpc) is 2.78. The van der Waals surface area contributed by atoms with E-state index in [-0.39, 0.29) is 17.7 Å². The van der Waals surface area contributed by atoms with Crippen LogP contribution >= 0.6 is 0 Å². The van der Waals surface area contributed by atoms with Gasteiger partial charge >= 0.3 is 0 Å². The Morgan fingerprint density at radius 3 is 2.79 bits per heavy atom. The molecule has 0 spiro atoms. The summed E-state index contributed by atoms with van der Waals surface area (Å²) >= 11 is 0. The number of rotatable bonds is 3. The van der Waals surface area contributed by atoms with E-state index >= 15 is 0 Å². The fourth-order valence-electron chi connectivity index (χ4n) is 4.14. The Morgan fingerprint density at radius 1 is 1.21 bits per heavy atom. The number of aromatic nitrogens is 3. The van der Waals surface area contributed by atoms with Crippen LogP contribution in [0.5, 0.6) is 0 Å². The summed E-state index contributed by atoms with van der Waals surface area (Å²) in [6, 6.07) is 3.58. The fraction of sp³-hybridized carbons (Fsp3) is 0.476. The molecule has 0 aliphatic carbocycles. The van der Waals surface area contributed by atoms with Crippen molar-refractivity contribution in [2.75, 3.05) is 32.0 Å². The van der Waals surface area contributed by atoms with Gasteiger partial charge in [-0.25, -0.2) is 9.97 Å². The molecule has 2 aromatic heterocycles. The number of likely N-dealkylation sites (tertiary alicyclic amines) is 1. The molecule has 2 aliphatic heterocycles. The molecule has 4 heterocycles. The first kappa shape index (κ1) is 19.3. The maximum atomic E-state index is 12.8. The lowest BCUT2D eigenvalue weighted by Crippen LogP contribution is -2.40. The number of amides is 2. The lowest BCUT2D eigenvalue weighted by molar-refractivity contribution is -0.129. The van der Waals surface area contributed by atoms with E-state index in [0.29, 0.717) is 25.2 Å². The van der Waals surface area contributed by atoms with Crippen LogP contribution in [0.4, 0.5) is 5.82 Å².